The van der Waals surface area contributed by atoms with Crippen LogP contribution in [0.2, 0.25) is 0 Å². The highest BCUT2D eigenvalue weighted by atomic mass is 16.2. The van der Waals surface area contributed by atoms with Gasteiger partial charge in [-0.3, -0.25) is 4.79 Å². The van der Waals surface area contributed by atoms with E-state index < -0.39 is 0 Å². The van der Waals surface area contributed by atoms with Crippen LogP contribution in [0.1, 0.15) is 43.6 Å². The molecule has 3 aromatic rings. The van der Waals surface area contributed by atoms with Crippen LogP contribution in [0.15, 0.2) is 48.5 Å². The van der Waals surface area contributed by atoms with E-state index in [0.29, 0.717) is 19.0 Å². The number of anilines is 1. The van der Waals surface area contributed by atoms with E-state index >= 15 is 0 Å². The number of aryl methyl sites for hydroxylation is 1. The fourth-order valence-corrected chi connectivity index (χ4v) is 3.75. The third kappa shape index (κ3) is 2.72. The van der Waals surface area contributed by atoms with E-state index in [4.69, 9.17) is 4.98 Å². The molecular formula is C21H23N3O. The second-order valence-electron chi connectivity index (χ2n) is 7.16. The summed E-state index contributed by atoms with van der Waals surface area (Å²) in [5.41, 5.74) is 4.33. The zero-order chi connectivity index (χ0) is 17.6. The summed E-state index contributed by atoms with van der Waals surface area (Å²) in [4.78, 5) is 19.4. The number of carbonyl (C=O) groups excluding carboxylic acids is 1. The molecule has 25 heavy (non-hydrogen) atoms. The summed E-state index contributed by atoms with van der Waals surface area (Å²) in [7, 11) is 0. The van der Waals surface area contributed by atoms with Gasteiger partial charge in [-0.25, -0.2) is 4.98 Å². The molecular weight excluding hydrogens is 310 g/mol. The van der Waals surface area contributed by atoms with Gasteiger partial charge in [0.05, 0.1) is 11.0 Å². The molecule has 2 heterocycles. The molecule has 1 aliphatic heterocycles. The van der Waals surface area contributed by atoms with Gasteiger partial charge in [-0.05, 0) is 45.0 Å². The minimum atomic E-state index is 0.128. The third-order valence-electron chi connectivity index (χ3n) is 4.98. The predicted molar refractivity (Wildman–Crippen MR) is 101 cm³/mol. The smallest absolute Gasteiger partial charge is 0.227 e. The van der Waals surface area contributed by atoms with Crippen molar-refractivity contribution in [3.05, 3.63) is 59.9 Å². The third-order valence-corrected chi connectivity index (χ3v) is 4.98. The summed E-state index contributed by atoms with van der Waals surface area (Å²) in [6.07, 6.45) is 0.518. The topological polar surface area (TPSA) is 38.1 Å². The number of fused-ring (bicyclic) bond motifs is 1. The largest absolute Gasteiger partial charge is 0.325 e. The highest BCUT2D eigenvalue weighted by molar-refractivity contribution is 5.96. The number of rotatable bonds is 3. The van der Waals surface area contributed by atoms with Gasteiger partial charge >= 0.3 is 0 Å². The molecule has 1 unspecified atom stereocenters. The first-order valence-electron chi connectivity index (χ1n) is 8.88. The number of imidazole rings is 1. The molecule has 1 amide bonds. The summed E-state index contributed by atoms with van der Waals surface area (Å²) in [6, 6.07) is 16.7. The number of amides is 1. The van der Waals surface area contributed by atoms with Crippen LogP contribution >= 0.6 is 0 Å². The Labute approximate surface area is 148 Å². The van der Waals surface area contributed by atoms with Crippen molar-refractivity contribution < 1.29 is 4.79 Å². The van der Waals surface area contributed by atoms with Crippen molar-refractivity contribution in [2.45, 2.75) is 39.2 Å². The molecule has 0 aliphatic carbocycles. The van der Waals surface area contributed by atoms with Crippen molar-refractivity contribution in [3.63, 3.8) is 0 Å². The van der Waals surface area contributed by atoms with E-state index in [2.05, 4.69) is 43.5 Å². The van der Waals surface area contributed by atoms with Gasteiger partial charge in [0.2, 0.25) is 5.91 Å². The van der Waals surface area contributed by atoms with Gasteiger partial charge in [0.15, 0.2) is 0 Å². The molecule has 0 bridgehead atoms. The van der Waals surface area contributed by atoms with Crippen molar-refractivity contribution in [2.24, 2.45) is 0 Å². The number of nitrogens with zero attached hydrogens (tertiary/aromatic N) is 3. The van der Waals surface area contributed by atoms with E-state index in [1.165, 1.54) is 5.56 Å². The van der Waals surface area contributed by atoms with E-state index in [1.54, 1.807) is 0 Å². The van der Waals surface area contributed by atoms with Gasteiger partial charge in [0, 0.05) is 30.6 Å². The Hall–Kier alpha value is -2.62. The minimum absolute atomic E-state index is 0.128. The fourth-order valence-electron chi connectivity index (χ4n) is 3.75. The molecule has 0 saturated carbocycles. The zero-order valence-corrected chi connectivity index (χ0v) is 14.9. The van der Waals surface area contributed by atoms with Gasteiger partial charge in [0.1, 0.15) is 5.82 Å². The lowest BCUT2D eigenvalue weighted by Gasteiger charge is -2.19. The SMILES string of the molecule is Cc1ccc(N2CC(c3nc4ccccc4n3C(C)C)CC2=O)cc1. The Morgan fingerprint density at radius 2 is 1.80 bits per heavy atom. The van der Waals surface area contributed by atoms with Crippen LogP contribution in [-0.2, 0) is 4.79 Å². The molecule has 4 nitrogen and oxygen atoms in total. The Morgan fingerprint density at radius 1 is 1.08 bits per heavy atom. The van der Waals surface area contributed by atoms with Crippen LogP contribution in [0.4, 0.5) is 5.69 Å². The summed E-state index contributed by atoms with van der Waals surface area (Å²) >= 11 is 0. The first kappa shape index (κ1) is 15.9. The maximum absolute atomic E-state index is 12.6. The number of para-hydroxylation sites is 2. The zero-order valence-electron chi connectivity index (χ0n) is 14.9. The Morgan fingerprint density at radius 3 is 2.52 bits per heavy atom. The second kappa shape index (κ2) is 6.03. The van der Waals surface area contributed by atoms with Crippen LogP contribution in [0.25, 0.3) is 11.0 Å². The van der Waals surface area contributed by atoms with E-state index in [1.807, 2.05) is 35.2 Å². The molecule has 1 fully saturated rings. The Balaban J connectivity index is 1.71. The number of aromatic nitrogens is 2. The maximum atomic E-state index is 12.6. The molecule has 1 atom stereocenters. The quantitative estimate of drug-likeness (QED) is 0.710. The monoisotopic (exact) mass is 333 g/mol. The van der Waals surface area contributed by atoms with Crippen molar-refractivity contribution in [1.82, 2.24) is 9.55 Å². The molecule has 128 valence electrons. The van der Waals surface area contributed by atoms with Gasteiger partial charge < -0.3 is 9.47 Å². The molecule has 4 rings (SSSR count). The molecule has 2 aromatic carbocycles. The molecule has 1 aromatic heterocycles. The number of benzene rings is 2. The first-order valence-corrected chi connectivity index (χ1v) is 8.88. The lowest BCUT2D eigenvalue weighted by molar-refractivity contribution is -0.117. The average Bonchev–Trinajstić information content (AvgIpc) is 3.16. The van der Waals surface area contributed by atoms with Crippen molar-refractivity contribution in [1.29, 1.82) is 0 Å². The standard InChI is InChI=1S/C21H23N3O/c1-14(2)24-19-7-5-4-6-18(19)22-21(24)16-12-20(25)23(13-16)17-10-8-15(3)9-11-17/h4-11,14,16H,12-13H2,1-3H3. The fraction of sp³-hybridized carbons (Fsp3) is 0.333. The van der Waals surface area contributed by atoms with Crippen LogP contribution in [0.3, 0.4) is 0 Å². The molecule has 0 N–H and O–H groups in total. The van der Waals surface area contributed by atoms with E-state index in [9.17, 15) is 4.79 Å². The molecule has 0 radical (unpaired) electrons. The molecule has 0 spiro atoms. The summed E-state index contributed by atoms with van der Waals surface area (Å²) < 4.78 is 2.28. The predicted octanol–water partition coefficient (Wildman–Crippen LogP) is 4.45. The number of carbonyl (C=O) groups is 1. The number of hydrogen-bond donors (Lipinski definition) is 0. The van der Waals surface area contributed by atoms with Crippen LogP contribution in [-0.4, -0.2) is 22.0 Å². The summed E-state index contributed by atoms with van der Waals surface area (Å²) in [5.74, 6) is 1.33. The highest BCUT2D eigenvalue weighted by Gasteiger charge is 2.35. The first-order chi connectivity index (χ1) is 12.0. The molecule has 1 aliphatic rings. The minimum Gasteiger partial charge on any atom is -0.325 e. The van der Waals surface area contributed by atoms with Gasteiger partial charge in [-0.1, -0.05) is 29.8 Å². The molecule has 4 heteroatoms. The van der Waals surface area contributed by atoms with Crippen molar-refractivity contribution >= 4 is 22.6 Å². The van der Waals surface area contributed by atoms with Crippen molar-refractivity contribution in [2.75, 3.05) is 11.4 Å². The summed E-state index contributed by atoms with van der Waals surface area (Å²) in [5, 5.41) is 0. The van der Waals surface area contributed by atoms with E-state index in [0.717, 1.165) is 22.5 Å². The molecule has 1 saturated heterocycles. The highest BCUT2D eigenvalue weighted by Crippen LogP contribution is 2.34. The van der Waals surface area contributed by atoms with E-state index in [-0.39, 0.29) is 11.8 Å². The second-order valence-corrected chi connectivity index (χ2v) is 7.16. The lowest BCUT2D eigenvalue weighted by atomic mass is 10.1. The van der Waals surface area contributed by atoms with Crippen molar-refractivity contribution in [3.8, 4) is 0 Å². The average molecular weight is 333 g/mol. The Kier molecular flexibility index (Phi) is 3.83. The van der Waals surface area contributed by atoms with Gasteiger partial charge in [-0.15, -0.1) is 0 Å². The Bertz CT molecular complexity index is 924. The maximum Gasteiger partial charge on any atom is 0.227 e. The van der Waals surface area contributed by atoms with Crippen LogP contribution in [0.5, 0.6) is 0 Å². The normalized spacial score (nSPS) is 17.8. The van der Waals surface area contributed by atoms with Crippen LogP contribution < -0.4 is 4.90 Å². The van der Waals surface area contributed by atoms with Gasteiger partial charge in [-0.2, -0.15) is 0 Å². The van der Waals surface area contributed by atoms with Crippen LogP contribution in [0, 0.1) is 6.92 Å². The number of hydrogen-bond acceptors (Lipinski definition) is 2. The lowest BCUT2D eigenvalue weighted by Crippen LogP contribution is -2.24. The van der Waals surface area contributed by atoms with Gasteiger partial charge in [0.25, 0.3) is 0 Å². The summed E-state index contributed by atoms with van der Waals surface area (Å²) in [6.45, 7) is 7.10.